The molecule has 0 aliphatic heterocycles. The van der Waals surface area contributed by atoms with Crippen LogP contribution in [0.25, 0.3) is 0 Å². The van der Waals surface area contributed by atoms with Crippen LogP contribution in [0.2, 0.25) is 0 Å². The Labute approximate surface area is 83.8 Å². The molecule has 2 heteroatoms. The predicted octanol–water partition coefficient (Wildman–Crippen LogP) is 3.31. The average molecular weight is 191 g/mol. The molecule has 68 valence electrons. The van der Waals surface area contributed by atoms with Crippen molar-refractivity contribution in [2.75, 3.05) is 5.75 Å². The quantitative estimate of drug-likeness (QED) is 0.540. The summed E-state index contributed by atoms with van der Waals surface area (Å²) in [5.41, 5.74) is 2.62. The maximum Gasteiger partial charge on any atom is 0.0630 e. The minimum atomic E-state index is 0.623. The lowest BCUT2D eigenvalue weighted by Crippen LogP contribution is -1.86. The van der Waals surface area contributed by atoms with Crippen molar-refractivity contribution in [2.45, 2.75) is 25.2 Å². The second kappa shape index (κ2) is 4.94. The number of aryl methyl sites for hydroxylation is 2. The van der Waals surface area contributed by atoms with E-state index in [9.17, 15) is 0 Å². The van der Waals surface area contributed by atoms with Crippen LogP contribution in [0.15, 0.2) is 23.1 Å². The van der Waals surface area contributed by atoms with Crippen LogP contribution in [0.4, 0.5) is 0 Å². The van der Waals surface area contributed by atoms with E-state index in [0.29, 0.717) is 6.42 Å². The molecule has 1 aromatic rings. The Morgan fingerprint density at radius 3 is 2.46 bits per heavy atom. The van der Waals surface area contributed by atoms with Gasteiger partial charge in [0.25, 0.3) is 0 Å². The monoisotopic (exact) mass is 191 g/mol. The van der Waals surface area contributed by atoms with Gasteiger partial charge in [-0.05, 0) is 25.0 Å². The van der Waals surface area contributed by atoms with Crippen molar-refractivity contribution in [3.63, 3.8) is 0 Å². The van der Waals surface area contributed by atoms with Gasteiger partial charge < -0.3 is 0 Å². The zero-order chi connectivity index (χ0) is 9.68. The molecule has 0 fully saturated rings. The molecule has 0 amide bonds. The highest BCUT2D eigenvalue weighted by atomic mass is 32.2. The van der Waals surface area contributed by atoms with E-state index in [4.69, 9.17) is 5.26 Å². The number of nitriles is 1. The molecule has 0 aliphatic carbocycles. The van der Waals surface area contributed by atoms with Crippen LogP contribution in [-0.2, 0) is 0 Å². The Morgan fingerprint density at radius 1 is 1.31 bits per heavy atom. The molecule has 0 unspecified atom stereocenters. The van der Waals surface area contributed by atoms with Gasteiger partial charge in [-0.2, -0.15) is 5.26 Å². The lowest BCUT2D eigenvalue weighted by atomic mass is 10.2. The molecule has 1 rings (SSSR count). The molecule has 13 heavy (non-hydrogen) atoms. The molecule has 1 aromatic carbocycles. The molecular weight excluding hydrogens is 178 g/mol. The molecule has 0 atom stereocenters. The highest BCUT2D eigenvalue weighted by Crippen LogP contribution is 2.26. The van der Waals surface area contributed by atoms with Gasteiger partial charge in [-0.25, -0.2) is 0 Å². The second-order valence-electron chi connectivity index (χ2n) is 2.98. The lowest BCUT2D eigenvalue weighted by molar-refractivity contribution is 1.19. The summed E-state index contributed by atoms with van der Waals surface area (Å²) in [5.74, 6) is 0.891. The summed E-state index contributed by atoms with van der Waals surface area (Å²) in [7, 11) is 0. The second-order valence-corrected chi connectivity index (χ2v) is 4.08. The minimum absolute atomic E-state index is 0.623. The first-order valence-electron chi connectivity index (χ1n) is 4.31. The van der Waals surface area contributed by atoms with Gasteiger partial charge in [0, 0.05) is 17.1 Å². The van der Waals surface area contributed by atoms with Gasteiger partial charge in [0.15, 0.2) is 0 Å². The third-order valence-electron chi connectivity index (χ3n) is 1.87. The fourth-order valence-electron chi connectivity index (χ4n) is 1.23. The van der Waals surface area contributed by atoms with Crippen LogP contribution >= 0.6 is 11.8 Å². The Balaban J connectivity index is 2.71. The van der Waals surface area contributed by atoms with Crippen LogP contribution in [0.1, 0.15) is 17.5 Å². The van der Waals surface area contributed by atoms with Crippen molar-refractivity contribution in [2.24, 2.45) is 0 Å². The summed E-state index contributed by atoms with van der Waals surface area (Å²) in [6, 6.07) is 8.45. The van der Waals surface area contributed by atoms with Crippen LogP contribution in [-0.4, -0.2) is 5.75 Å². The molecule has 0 aromatic heterocycles. The smallest absolute Gasteiger partial charge is 0.0630 e. The van der Waals surface area contributed by atoms with Gasteiger partial charge in [-0.3, -0.25) is 0 Å². The van der Waals surface area contributed by atoms with Gasteiger partial charge in [0.05, 0.1) is 6.07 Å². The summed E-state index contributed by atoms with van der Waals surface area (Å²) in [6.07, 6.45) is 0.623. The molecule has 0 heterocycles. The van der Waals surface area contributed by atoms with E-state index < -0.39 is 0 Å². The summed E-state index contributed by atoms with van der Waals surface area (Å²) >= 11 is 1.78. The van der Waals surface area contributed by atoms with E-state index in [1.54, 1.807) is 11.8 Å². The number of rotatable bonds is 3. The highest BCUT2D eigenvalue weighted by molar-refractivity contribution is 7.99. The first-order chi connectivity index (χ1) is 6.25. The fourth-order valence-corrected chi connectivity index (χ4v) is 2.21. The highest BCUT2D eigenvalue weighted by Gasteiger charge is 2.01. The number of thioether (sulfide) groups is 1. The van der Waals surface area contributed by atoms with Crippen LogP contribution in [0.5, 0.6) is 0 Å². The molecule has 1 nitrogen and oxygen atoms in total. The van der Waals surface area contributed by atoms with Crippen molar-refractivity contribution in [1.82, 2.24) is 0 Å². The van der Waals surface area contributed by atoms with Crippen molar-refractivity contribution in [3.05, 3.63) is 29.3 Å². The van der Waals surface area contributed by atoms with Crippen molar-refractivity contribution in [1.29, 1.82) is 5.26 Å². The zero-order valence-corrected chi connectivity index (χ0v) is 8.82. The topological polar surface area (TPSA) is 23.8 Å². The predicted molar refractivity (Wildman–Crippen MR) is 56.9 cm³/mol. The first-order valence-corrected chi connectivity index (χ1v) is 5.30. The normalized spacial score (nSPS) is 9.62. The van der Waals surface area contributed by atoms with Gasteiger partial charge >= 0.3 is 0 Å². The van der Waals surface area contributed by atoms with Crippen molar-refractivity contribution in [3.8, 4) is 6.07 Å². The van der Waals surface area contributed by atoms with E-state index in [1.807, 2.05) is 0 Å². The Bertz CT molecular complexity index is 305. The summed E-state index contributed by atoms with van der Waals surface area (Å²) in [6.45, 7) is 4.23. The maximum absolute atomic E-state index is 8.42. The molecule has 0 saturated carbocycles. The fraction of sp³-hybridized carbons (Fsp3) is 0.364. The molecule has 0 aliphatic rings. The minimum Gasteiger partial charge on any atom is -0.198 e. The SMILES string of the molecule is Cc1cccc(C)c1SCCC#N. The maximum atomic E-state index is 8.42. The van der Waals surface area contributed by atoms with E-state index >= 15 is 0 Å². The summed E-state index contributed by atoms with van der Waals surface area (Å²) in [5, 5.41) is 8.42. The van der Waals surface area contributed by atoms with Crippen LogP contribution < -0.4 is 0 Å². The number of benzene rings is 1. The molecule has 0 N–H and O–H groups in total. The Kier molecular flexibility index (Phi) is 3.85. The lowest BCUT2D eigenvalue weighted by Gasteiger charge is -2.07. The number of hydrogen-bond acceptors (Lipinski definition) is 2. The van der Waals surface area contributed by atoms with E-state index in [-0.39, 0.29) is 0 Å². The van der Waals surface area contributed by atoms with E-state index in [2.05, 4.69) is 38.1 Å². The Hall–Kier alpha value is -0.940. The third-order valence-corrected chi connectivity index (χ3v) is 3.21. The zero-order valence-electron chi connectivity index (χ0n) is 8.00. The van der Waals surface area contributed by atoms with Gasteiger partial charge in [0.1, 0.15) is 0 Å². The van der Waals surface area contributed by atoms with Crippen molar-refractivity contribution >= 4 is 11.8 Å². The number of nitrogens with zero attached hydrogens (tertiary/aromatic N) is 1. The standard InChI is InChI=1S/C11H13NS/c1-9-5-3-6-10(2)11(9)13-8-4-7-12/h3,5-6H,4,8H2,1-2H3. The molecule has 0 spiro atoms. The summed E-state index contributed by atoms with van der Waals surface area (Å²) in [4.78, 5) is 1.33. The average Bonchev–Trinajstić information content (AvgIpc) is 2.10. The van der Waals surface area contributed by atoms with Gasteiger partial charge in [-0.15, -0.1) is 11.8 Å². The summed E-state index contributed by atoms with van der Waals surface area (Å²) < 4.78 is 0. The van der Waals surface area contributed by atoms with E-state index in [0.717, 1.165) is 5.75 Å². The van der Waals surface area contributed by atoms with Gasteiger partial charge in [-0.1, -0.05) is 18.2 Å². The molecule has 0 saturated heterocycles. The first kappa shape index (κ1) is 10.1. The van der Waals surface area contributed by atoms with Crippen molar-refractivity contribution < 1.29 is 0 Å². The van der Waals surface area contributed by atoms with E-state index in [1.165, 1.54) is 16.0 Å². The van der Waals surface area contributed by atoms with Crippen LogP contribution in [0, 0.1) is 25.2 Å². The number of hydrogen-bond donors (Lipinski definition) is 0. The largest absolute Gasteiger partial charge is 0.198 e. The third kappa shape index (κ3) is 2.78. The molecular formula is C11H13NS. The van der Waals surface area contributed by atoms with Gasteiger partial charge in [0.2, 0.25) is 0 Å². The molecule has 0 bridgehead atoms. The Morgan fingerprint density at radius 2 is 1.92 bits per heavy atom. The van der Waals surface area contributed by atoms with Crippen LogP contribution in [0.3, 0.4) is 0 Å². The molecule has 0 radical (unpaired) electrons.